The molecule has 0 amide bonds. The zero-order valence-electron chi connectivity index (χ0n) is 13.0. The second-order valence-electron chi connectivity index (χ2n) is 5.32. The first-order chi connectivity index (χ1) is 12.2. The number of sulfone groups is 1. The van der Waals surface area contributed by atoms with Gasteiger partial charge >= 0.3 is 0 Å². The molecule has 0 unspecified atom stereocenters. The van der Waals surface area contributed by atoms with Crippen molar-refractivity contribution in [3.05, 3.63) is 71.2 Å². The predicted molar refractivity (Wildman–Crippen MR) is 80.6 cm³/mol. The lowest BCUT2D eigenvalue weighted by molar-refractivity contribution is 0.357. The number of benzene rings is 2. The van der Waals surface area contributed by atoms with Crippen LogP contribution in [0.15, 0.2) is 50.6 Å². The van der Waals surface area contributed by atoms with Crippen LogP contribution in [0.4, 0.5) is 22.0 Å². The summed E-state index contributed by atoms with van der Waals surface area (Å²) in [6.45, 7) is 1.38. The fraction of sp³-hybridized carbons (Fsp3) is 0.0588. The van der Waals surface area contributed by atoms with Gasteiger partial charge in [0.25, 0.3) is 0 Å². The minimum absolute atomic E-state index is 0.0753. The largest absolute Gasteiger partial charge is 0.460 e. The monoisotopic (exact) mass is 388 g/mol. The van der Waals surface area contributed by atoms with Crippen molar-refractivity contribution in [3.63, 3.8) is 0 Å². The van der Waals surface area contributed by atoms with Gasteiger partial charge in [-0.3, -0.25) is 0 Å². The molecule has 0 aliphatic heterocycles. The van der Waals surface area contributed by atoms with Crippen LogP contribution < -0.4 is 0 Å². The highest BCUT2D eigenvalue weighted by molar-refractivity contribution is 7.91. The fourth-order valence-electron chi connectivity index (χ4n) is 2.41. The normalized spacial score (nSPS) is 11.8. The van der Waals surface area contributed by atoms with Gasteiger partial charge in [-0.1, -0.05) is 30.3 Å². The lowest BCUT2D eigenvalue weighted by Gasteiger charge is -2.09. The van der Waals surface area contributed by atoms with Crippen LogP contribution in [0.25, 0.3) is 11.3 Å². The lowest BCUT2D eigenvalue weighted by atomic mass is 10.2. The molecule has 9 heteroatoms. The Bertz CT molecular complexity index is 1080. The van der Waals surface area contributed by atoms with Crippen molar-refractivity contribution < 1.29 is 34.8 Å². The SMILES string of the molecule is Cc1cc(S(=O)(=O)c2c(F)c(F)c(F)c(F)c2F)c(-c2ccccc2)o1. The summed E-state index contributed by atoms with van der Waals surface area (Å²) in [6, 6.07) is 8.64. The standard InChI is InChI=1S/C17H9F5O3S/c1-8-7-10(16(25-8)9-5-3-2-4-6-9)26(23,24)17-14(21)12(19)11(18)13(20)15(17)22/h2-7H,1H3. The molecule has 0 spiro atoms. The predicted octanol–water partition coefficient (Wildman–Crippen LogP) is 4.78. The van der Waals surface area contributed by atoms with Gasteiger partial charge in [-0.25, -0.2) is 30.4 Å². The van der Waals surface area contributed by atoms with Gasteiger partial charge in [0.1, 0.15) is 15.6 Å². The van der Waals surface area contributed by atoms with Crippen LogP contribution in [-0.2, 0) is 9.84 Å². The van der Waals surface area contributed by atoms with Crippen LogP contribution in [0, 0.1) is 36.0 Å². The number of hydrogen-bond donors (Lipinski definition) is 0. The molecule has 0 fully saturated rings. The smallest absolute Gasteiger partial charge is 0.216 e. The molecule has 3 nitrogen and oxygen atoms in total. The minimum atomic E-state index is -5.11. The number of hydrogen-bond acceptors (Lipinski definition) is 3. The van der Waals surface area contributed by atoms with Crippen molar-refractivity contribution in [3.8, 4) is 11.3 Å². The molecule has 1 aromatic heterocycles. The molecule has 3 aromatic rings. The van der Waals surface area contributed by atoms with E-state index in [1.807, 2.05) is 0 Å². The number of aryl methyl sites for hydroxylation is 1. The van der Waals surface area contributed by atoms with Crippen LogP contribution in [0.2, 0.25) is 0 Å². The van der Waals surface area contributed by atoms with E-state index in [1.165, 1.54) is 19.1 Å². The van der Waals surface area contributed by atoms with Crippen molar-refractivity contribution in [2.45, 2.75) is 16.7 Å². The second kappa shape index (κ2) is 6.24. The Labute approximate surface area is 144 Å². The molecule has 26 heavy (non-hydrogen) atoms. The van der Waals surface area contributed by atoms with Crippen LogP contribution in [-0.4, -0.2) is 8.42 Å². The summed E-state index contributed by atoms with van der Waals surface area (Å²) in [7, 11) is -5.11. The Morgan fingerprint density at radius 2 is 1.31 bits per heavy atom. The summed E-state index contributed by atoms with van der Waals surface area (Å²) < 4.78 is 98.7. The van der Waals surface area contributed by atoms with Gasteiger partial charge in [-0.2, -0.15) is 0 Å². The molecule has 0 bridgehead atoms. The molecule has 0 atom stereocenters. The molecule has 2 aromatic carbocycles. The quantitative estimate of drug-likeness (QED) is 0.281. The topological polar surface area (TPSA) is 47.3 Å². The number of halogens is 5. The third-order valence-corrected chi connectivity index (χ3v) is 5.36. The average molecular weight is 388 g/mol. The first-order valence-corrected chi connectivity index (χ1v) is 8.57. The molecule has 0 N–H and O–H groups in total. The zero-order chi connectivity index (χ0) is 19.2. The maximum Gasteiger partial charge on any atom is 0.216 e. The van der Waals surface area contributed by atoms with E-state index in [4.69, 9.17) is 4.42 Å². The van der Waals surface area contributed by atoms with Crippen molar-refractivity contribution in [2.24, 2.45) is 0 Å². The van der Waals surface area contributed by atoms with Crippen LogP contribution in [0.1, 0.15) is 5.76 Å². The Balaban J connectivity index is 2.34. The molecule has 0 aliphatic rings. The third-order valence-electron chi connectivity index (χ3n) is 3.58. The van der Waals surface area contributed by atoms with Gasteiger partial charge < -0.3 is 4.42 Å². The van der Waals surface area contributed by atoms with E-state index in [-0.39, 0.29) is 17.1 Å². The Hall–Kier alpha value is -2.68. The van der Waals surface area contributed by atoms with Gasteiger partial charge in [-0.15, -0.1) is 0 Å². The highest BCUT2D eigenvalue weighted by Crippen LogP contribution is 2.37. The summed E-state index contributed by atoms with van der Waals surface area (Å²) in [5.41, 5.74) is 0.253. The van der Waals surface area contributed by atoms with E-state index in [9.17, 15) is 30.4 Å². The maximum atomic E-state index is 14.0. The Morgan fingerprint density at radius 1 is 0.808 bits per heavy atom. The van der Waals surface area contributed by atoms with E-state index in [0.29, 0.717) is 0 Å². The Kier molecular flexibility index (Phi) is 4.35. The van der Waals surface area contributed by atoms with Crippen LogP contribution in [0.3, 0.4) is 0 Å². The molecule has 0 saturated heterocycles. The third kappa shape index (κ3) is 2.68. The summed E-state index contributed by atoms with van der Waals surface area (Å²) in [5.74, 6) is -12.2. The van der Waals surface area contributed by atoms with Gasteiger partial charge in [0.2, 0.25) is 15.7 Å². The van der Waals surface area contributed by atoms with Gasteiger partial charge in [0.15, 0.2) is 29.0 Å². The van der Waals surface area contributed by atoms with Crippen molar-refractivity contribution in [2.75, 3.05) is 0 Å². The van der Waals surface area contributed by atoms with E-state index in [2.05, 4.69) is 0 Å². The summed E-state index contributed by atoms with van der Waals surface area (Å²) in [5, 5.41) is 0. The van der Waals surface area contributed by atoms with Gasteiger partial charge in [-0.05, 0) is 13.0 Å². The molecule has 1 heterocycles. The molecule has 0 saturated carbocycles. The first kappa shape index (κ1) is 18.1. The highest BCUT2D eigenvalue weighted by atomic mass is 32.2. The zero-order valence-corrected chi connectivity index (χ0v) is 13.8. The van der Waals surface area contributed by atoms with E-state index < -0.39 is 48.7 Å². The summed E-state index contributed by atoms with van der Waals surface area (Å²) in [4.78, 5) is -2.63. The van der Waals surface area contributed by atoms with Crippen molar-refractivity contribution in [1.29, 1.82) is 0 Å². The van der Waals surface area contributed by atoms with E-state index in [1.54, 1.807) is 18.2 Å². The van der Waals surface area contributed by atoms with E-state index in [0.717, 1.165) is 6.07 Å². The number of furan rings is 1. The summed E-state index contributed by atoms with van der Waals surface area (Å²) in [6.07, 6.45) is 0. The molecule has 3 rings (SSSR count). The van der Waals surface area contributed by atoms with E-state index >= 15 is 0 Å². The fourth-order valence-corrected chi connectivity index (χ4v) is 4.01. The molecular formula is C17H9F5O3S. The van der Waals surface area contributed by atoms with Crippen LogP contribution in [0.5, 0.6) is 0 Å². The van der Waals surface area contributed by atoms with Crippen molar-refractivity contribution in [1.82, 2.24) is 0 Å². The lowest BCUT2D eigenvalue weighted by Crippen LogP contribution is -2.13. The van der Waals surface area contributed by atoms with Gasteiger partial charge in [0.05, 0.1) is 0 Å². The van der Waals surface area contributed by atoms with Crippen molar-refractivity contribution >= 4 is 9.84 Å². The van der Waals surface area contributed by atoms with Gasteiger partial charge in [0, 0.05) is 5.56 Å². The molecule has 0 radical (unpaired) electrons. The maximum absolute atomic E-state index is 14.0. The minimum Gasteiger partial charge on any atom is -0.460 e. The average Bonchev–Trinajstić information content (AvgIpc) is 3.02. The first-order valence-electron chi connectivity index (χ1n) is 7.08. The summed E-state index contributed by atoms with van der Waals surface area (Å²) >= 11 is 0. The molecular weight excluding hydrogens is 379 g/mol. The molecule has 136 valence electrons. The number of rotatable bonds is 3. The molecule has 0 aliphatic carbocycles. The van der Waals surface area contributed by atoms with Crippen LogP contribution >= 0.6 is 0 Å². The highest BCUT2D eigenvalue weighted by Gasteiger charge is 2.37. The Morgan fingerprint density at radius 3 is 1.85 bits per heavy atom. The second-order valence-corrected chi connectivity index (χ2v) is 7.17.